The Morgan fingerprint density at radius 2 is 2.22 bits per heavy atom. The number of halogens is 2. The van der Waals surface area contributed by atoms with Crippen LogP contribution in [0.15, 0.2) is 18.2 Å². The molecule has 0 saturated carbocycles. The Balaban J connectivity index is 1.83. The Morgan fingerprint density at radius 1 is 1.39 bits per heavy atom. The van der Waals surface area contributed by atoms with Gasteiger partial charge in [0.15, 0.2) is 11.6 Å². The first-order valence-corrected chi connectivity index (χ1v) is 6.49. The third-order valence-electron chi connectivity index (χ3n) is 3.45. The van der Waals surface area contributed by atoms with Crippen molar-refractivity contribution in [3.05, 3.63) is 35.4 Å². The summed E-state index contributed by atoms with van der Waals surface area (Å²) in [7, 11) is 0. The van der Waals surface area contributed by atoms with E-state index >= 15 is 0 Å². The number of hydrogen-bond acceptors (Lipinski definition) is 2. The van der Waals surface area contributed by atoms with E-state index in [0.717, 1.165) is 38.4 Å². The third kappa shape index (κ3) is 3.27. The van der Waals surface area contributed by atoms with Crippen LogP contribution in [0.2, 0.25) is 0 Å². The fourth-order valence-corrected chi connectivity index (χ4v) is 2.40. The molecule has 1 fully saturated rings. The van der Waals surface area contributed by atoms with Crippen molar-refractivity contribution >= 4 is 0 Å². The van der Waals surface area contributed by atoms with Gasteiger partial charge >= 0.3 is 0 Å². The summed E-state index contributed by atoms with van der Waals surface area (Å²) in [5, 5.41) is 0. The standard InChI is InChI=1S/C14H19F2NO/c15-12-7-2-6-11(14(12)16)13(17)8-1-4-10-5-3-9-18-10/h2,6-7,10,13H,1,3-5,8-9,17H2. The molecular weight excluding hydrogens is 236 g/mol. The topological polar surface area (TPSA) is 35.2 Å². The molecule has 0 aromatic heterocycles. The first kappa shape index (κ1) is 13.4. The molecule has 100 valence electrons. The van der Waals surface area contributed by atoms with Gasteiger partial charge in [-0.2, -0.15) is 0 Å². The summed E-state index contributed by atoms with van der Waals surface area (Å²) >= 11 is 0. The number of benzene rings is 1. The lowest BCUT2D eigenvalue weighted by molar-refractivity contribution is 0.101. The normalized spacial score (nSPS) is 21.2. The molecule has 2 rings (SSSR count). The predicted molar refractivity (Wildman–Crippen MR) is 66.1 cm³/mol. The Bertz CT molecular complexity index is 391. The molecule has 0 amide bonds. The summed E-state index contributed by atoms with van der Waals surface area (Å²) in [6.45, 7) is 0.843. The highest BCUT2D eigenvalue weighted by atomic mass is 19.2. The Hall–Kier alpha value is -1.00. The highest BCUT2D eigenvalue weighted by Gasteiger charge is 2.17. The zero-order valence-electron chi connectivity index (χ0n) is 10.4. The second-order valence-electron chi connectivity index (χ2n) is 4.82. The van der Waals surface area contributed by atoms with Crippen molar-refractivity contribution in [1.29, 1.82) is 0 Å². The smallest absolute Gasteiger partial charge is 0.163 e. The minimum atomic E-state index is -0.831. The number of nitrogens with two attached hydrogens (primary N) is 1. The van der Waals surface area contributed by atoms with Gasteiger partial charge in [-0.3, -0.25) is 0 Å². The maximum Gasteiger partial charge on any atom is 0.163 e. The summed E-state index contributed by atoms with van der Waals surface area (Å²) in [5.41, 5.74) is 6.17. The van der Waals surface area contributed by atoms with Gasteiger partial charge in [-0.05, 0) is 38.2 Å². The summed E-state index contributed by atoms with van der Waals surface area (Å²) < 4.78 is 32.1. The monoisotopic (exact) mass is 255 g/mol. The van der Waals surface area contributed by atoms with E-state index in [-0.39, 0.29) is 5.56 Å². The van der Waals surface area contributed by atoms with Crippen LogP contribution < -0.4 is 5.73 Å². The molecule has 0 radical (unpaired) electrons. The molecule has 4 heteroatoms. The van der Waals surface area contributed by atoms with Crippen molar-refractivity contribution in [2.45, 2.75) is 44.2 Å². The van der Waals surface area contributed by atoms with Gasteiger partial charge in [-0.1, -0.05) is 12.1 Å². The van der Waals surface area contributed by atoms with Crippen molar-refractivity contribution in [1.82, 2.24) is 0 Å². The summed E-state index contributed by atoms with van der Waals surface area (Å²) in [4.78, 5) is 0. The van der Waals surface area contributed by atoms with Crippen molar-refractivity contribution in [2.75, 3.05) is 6.61 Å². The van der Waals surface area contributed by atoms with Crippen LogP contribution in [-0.4, -0.2) is 12.7 Å². The van der Waals surface area contributed by atoms with Crippen molar-refractivity contribution in [3.8, 4) is 0 Å². The van der Waals surface area contributed by atoms with Crippen LogP contribution in [0, 0.1) is 11.6 Å². The lowest BCUT2D eigenvalue weighted by Crippen LogP contribution is -2.14. The van der Waals surface area contributed by atoms with Crippen LogP contribution in [0.1, 0.15) is 43.7 Å². The van der Waals surface area contributed by atoms with Crippen molar-refractivity contribution in [2.24, 2.45) is 5.73 Å². The fraction of sp³-hybridized carbons (Fsp3) is 0.571. The van der Waals surface area contributed by atoms with Crippen LogP contribution >= 0.6 is 0 Å². The summed E-state index contributed by atoms with van der Waals surface area (Å²) in [5.74, 6) is -1.65. The molecule has 2 unspecified atom stereocenters. The molecule has 2 nitrogen and oxygen atoms in total. The molecule has 2 N–H and O–H groups in total. The summed E-state index contributed by atoms with van der Waals surface area (Å²) in [6.07, 6.45) is 5.03. The Kier molecular flexibility index (Phi) is 4.66. The van der Waals surface area contributed by atoms with E-state index in [9.17, 15) is 8.78 Å². The van der Waals surface area contributed by atoms with E-state index in [1.165, 1.54) is 6.07 Å². The maximum absolute atomic E-state index is 13.5. The third-order valence-corrected chi connectivity index (χ3v) is 3.45. The number of hydrogen-bond donors (Lipinski definition) is 1. The van der Waals surface area contributed by atoms with E-state index in [0.29, 0.717) is 12.5 Å². The summed E-state index contributed by atoms with van der Waals surface area (Å²) in [6, 6.07) is 3.71. The molecule has 1 heterocycles. The second-order valence-corrected chi connectivity index (χ2v) is 4.82. The largest absolute Gasteiger partial charge is 0.378 e. The molecule has 1 aromatic rings. The van der Waals surface area contributed by atoms with Crippen LogP contribution in [0.4, 0.5) is 8.78 Å². The molecule has 1 aromatic carbocycles. The Labute approximate surface area is 106 Å². The minimum absolute atomic E-state index is 0.266. The van der Waals surface area contributed by atoms with Crippen LogP contribution in [-0.2, 0) is 4.74 Å². The molecule has 1 aliphatic rings. The first-order valence-electron chi connectivity index (χ1n) is 6.49. The first-order chi connectivity index (χ1) is 8.68. The molecule has 2 atom stereocenters. The highest BCUT2D eigenvalue weighted by molar-refractivity contribution is 5.22. The molecule has 1 aliphatic heterocycles. The molecule has 0 bridgehead atoms. The molecule has 0 aliphatic carbocycles. The van der Waals surface area contributed by atoms with E-state index in [2.05, 4.69) is 0 Å². The van der Waals surface area contributed by atoms with E-state index in [1.54, 1.807) is 6.07 Å². The number of ether oxygens (including phenoxy) is 1. The quantitative estimate of drug-likeness (QED) is 0.876. The van der Waals surface area contributed by atoms with Crippen LogP contribution in [0.5, 0.6) is 0 Å². The zero-order chi connectivity index (χ0) is 13.0. The van der Waals surface area contributed by atoms with Crippen molar-refractivity contribution < 1.29 is 13.5 Å². The number of rotatable bonds is 5. The maximum atomic E-state index is 13.5. The molecular formula is C14H19F2NO. The SMILES string of the molecule is NC(CCCC1CCCO1)c1cccc(F)c1F. The van der Waals surface area contributed by atoms with Gasteiger partial charge in [0.1, 0.15) is 0 Å². The van der Waals surface area contributed by atoms with Gasteiger partial charge in [0.25, 0.3) is 0 Å². The molecule has 1 saturated heterocycles. The van der Waals surface area contributed by atoms with Crippen LogP contribution in [0.3, 0.4) is 0 Å². The Morgan fingerprint density at radius 3 is 2.94 bits per heavy atom. The van der Waals surface area contributed by atoms with Gasteiger partial charge < -0.3 is 10.5 Å². The van der Waals surface area contributed by atoms with Crippen LogP contribution in [0.25, 0.3) is 0 Å². The second kappa shape index (κ2) is 6.25. The predicted octanol–water partition coefficient (Wildman–Crippen LogP) is 3.31. The zero-order valence-corrected chi connectivity index (χ0v) is 10.4. The molecule has 18 heavy (non-hydrogen) atoms. The van der Waals surface area contributed by atoms with Gasteiger partial charge in [0.2, 0.25) is 0 Å². The molecule has 0 spiro atoms. The van der Waals surface area contributed by atoms with E-state index < -0.39 is 17.7 Å². The minimum Gasteiger partial charge on any atom is -0.378 e. The lowest BCUT2D eigenvalue weighted by Gasteiger charge is -2.14. The van der Waals surface area contributed by atoms with E-state index in [1.807, 2.05) is 0 Å². The lowest BCUT2D eigenvalue weighted by atomic mass is 9.99. The van der Waals surface area contributed by atoms with E-state index in [4.69, 9.17) is 10.5 Å². The van der Waals surface area contributed by atoms with Gasteiger partial charge in [0, 0.05) is 18.2 Å². The average Bonchev–Trinajstić information content (AvgIpc) is 2.85. The van der Waals surface area contributed by atoms with Crippen molar-refractivity contribution in [3.63, 3.8) is 0 Å². The van der Waals surface area contributed by atoms with Gasteiger partial charge in [0.05, 0.1) is 6.10 Å². The average molecular weight is 255 g/mol. The van der Waals surface area contributed by atoms with Gasteiger partial charge in [-0.15, -0.1) is 0 Å². The fourth-order valence-electron chi connectivity index (χ4n) is 2.40. The highest BCUT2D eigenvalue weighted by Crippen LogP contribution is 2.24. The van der Waals surface area contributed by atoms with Gasteiger partial charge in [-0.25, -0.2) is 8.78 Å².